The zero-order chi connectivity index (χ0) is 17.5. The van der Waals surface area contributed by atoms with Gasteiger partial charge in [0.1, 0.15) is 0 Å². The van der Waals surface area contributed by atoms with E-state index in [9.17, 15) is 4.79 Å². The van der Waals surface area contributed by atoms with Crippen LogP contribution < -0.4 is 10.6 Å². The van der Waals surface area contributed by atoms with Crippen LogP contribution in [0.4, 0.5) is 0 Å². The monoisotopic (exact) mass is 345 g/mol. The van der Waals surface area contributed by atoms with E-state index in [1.807, 2.05) is 33.2 Å². The number of aryl methyl sites for hydroxylation is 1. The van der Waals surface area contributed by atoms with Crippen LogP contribution in [0.25, 0.3) is 10.4 Å². The summed E-state index contributed by atoms with van der Waals surface area (Å²) in [6.45, 7) is 8.99. The number of thiazole rings is 1. The molecule has 2 aromatic rings. The zero-order valence-electron chi connectivity index (χ0n) is 14.9. The number of nitrogens with zero attached hydrogens (tertiary/aromatic N) is 1. The number of aromatic nitrogens is 1. The highest BCUT2D eigenvalue weighted by Gasteiger charge is 2.23. The molecule has 2 N–H and O–H groups in total. The molecular weight excluding hydrogens is 318 g/mol. The van der Waals surface area contributed by atoms with Crippen molar-refractivity contribution in [3.63, 3.8) is 0 Å². The Morgan fingerprint density at radius 1 is 1.33 bits per heavy atom. The van der Waals surface area contributed by atoms with Crippen molar-refractivity contribution < 1.29 is 4.79 Å². The first-order valence-electron chi connectivity index (χ1n) is 8.69. The third-order valence-corrected chi connectivity index (χ3v) is 5.13. The van der Waals surface area contributed by atoms with Crippen LogP contribution in [0.1, 0.15) is 50.9 Å². The van der Waals surface area contributed by atoms with Crippen LogP contribution in [-0.2, 0) is 4.79 Å². The van der Waals surface area contributed by atoms with Crippen LogP contribution in [0.15, 0.2) is 29.8 Å². The number of hydrogen-bond donors (Lipinski definition) is 2. The predicted molar refractivity (Wildman–Crippen MR) is 101 cm³/mol. The molecule has 0 bridgehead atoms. The van der Waals surface area contributed by atoms with Crippen molar-refractivity contribution in [1.82, 2.24) is 15.6 Å². The van der Waals surface area contributed by atoms with Gasteiger partial charge in [0.05, 0.1) is 28.2 Å². The number of carbonyl (C=O) groups excluding carboxylic acids is 1. The molecule has 1 unspecified atom stereocenters. The lowest BCUT2D eigenvalue weighted by atomic mass is 10.0. The third-order valence-electron chi connectivity index (χ3n) is 4.15. The summed E-state index contributed by atoms with van der Waals surface area (Å²) >= 11 is 1.66. The second-order valence-corrected chi connectivity index (χ2v) is 6.62. The van der Waals surface area contributed by atoms with Crippen LogP contribution >= 0.6 is 11.3 Å². The zero-order valence-corrected chi connectivity index (χ0v) is 15.7. The molecule has 1 aromatic carbocycles. The Balaban J connectivity index is 0.00000100. The molecule has 130 valence electrons. The van der Waals surface area contributed by atoms with Gasteiger partial charge in [0.25, 0.3) is 0 Å². The summed E-state index contributed by atoms with van der Waals surface area (Å²) in [5.74, 6) is 0.104. The van der Waals surface area contributed by atoms with Crippen molar-refractivity contribution in [1.29, 1.82) is 0 Å². The smallest absolute Gasteiger partial charge is 0.237 e. The summed E-state index contributed by atoms with van der Waals surface area (Å²) in [6.07, 6.45) is 2.01. The normalized spacial score (nSPS) is 17.8. The van der Waals surface area contributed by atoms with E-state index in [-0.39, 0.29) is 18.0 Å². The van der Waals surface area contributed by atoms with Crippen molar-refractivity contribution in [2.75, 3.05) is 6.54 Å². The van der Waals surface area contributed by atoms with Gasteiger partial charge in [-0.25, -0.2) is 4.98 Å². The SMILES string of the molecule is CC.Cc1ncsc1-c1ccc([C@H](C)NC(=O)C2CCCN2)cc1. The highest BCUT2D eigenvalue weighted by atomic mass is 32.1. The molecule has 1 aliphatic rings. The largest absolute Gasteiger partial charge is 0.348 e. The lowest BCUT2D eigenvalue weighted by Crippen LogP contribution is -2.41. The number of benzene rings is 1. The fraction of sp³-hybridized carbons (Fsp3) is 0.474. The first kappa shape index (κ1) is 18.6. The van der Waals surface area contributed by atoms with Gasteiger partial charge in [-0.1, -0.05) is 38.1 Å². The average molecular weight is 346 g/mol. The Bertz CT molecular complexity index is 645. The number of hydrogen-bond acceptors (Lipinski definition) is 4. The van der Waals surface area contributed by atoms with Gasteiger partial charge in [0, 0.05) is 0 Å². The predicted octanol–water partition coefficient (Wildman–Crippen LogP) is 4.07. The Morgan fingerprint density at radius 3 is 2.58 bits per heavy atom. The van der Waals surface area contributed by atoms with Gasteiger partial charge in [0.2, 0.25) is 5.91 Å². The number of nitrogens with one attached hydrogen (secondary N) is 2. The van der Waals surface area contributed by atoms with E-state index in [0.717, 1.165) is 30.6 Å². The first-order chi connectivity index (χ1) is 11.6. The molecule has 24 heavy (non-hydrogen) atoms. The van der Waals surface area contributed by atoms with Crippen LogP contribution in [0.5, 0.6) is 0 Å². The topological polar surface area (TPSA) is 54.0 Å². The molecule has 1 fully saturated rings. The maximum absolute atomic E-state index is 12.1. The van der Waals surface area contributed by atoms with Crippen LogP contribution in [0.2, 0.25) is 0 Å². The van der Waals surface area contributed by atoms with Crippen molar-refractivity contribution in [2.24, 2.45) is 0 Å². The van der Waals surface area contributed by atoms with Crippen LogP contribution in [0.3, 0.4) is 0 Å². The van der Waals surface area contributed by atoms with Gasteiger partial charge < -0.3 is 10.6 Å². The first-order valence-corrected chi connectivity index (χ1v) is 9.57. The maximum Gasteiger partial charge on any atom is 0.237 e. The molecule has 2 heterocycles. The molecule has 0 radical (unpaired) electrons. The fourth-order valence-electron chi connectivity index (χ4n) is 2.81. The van der Waals surface area contributed by atoms with Gasteiger partial charge in [-0.2, -0.15) is 0 Å². The van der Waals surface area contributed by atoms with E-state index in [1.54, 1.807) is 11.3 Å². The van der Waals surface area contributed by atoms with E-state index in [4.69, 9.17) is 0 Å². The fourth-order valence-corrected chi connectivity index (χ4v) is 3.62. The van der Waals surface area contributed by atoms with Crippen LogP contribution in [0, 0.1) is 6.92 Å². The van der Waals surface area contributed by atoms with Gasteiger partial charge in [-0.05, 0) is 44.4 Å². The molecule has 2 atom stereocenters. The van der Waals surface area contributed by atoms with E-state index < -0.39 is 0 Å². The molecule has 1 saturated heterocycles. The van der Waals surface area contributed by atoms with E-state index in [1.165, 1.54) is 10.4 Å². The van der Waals surface area contributed by atoms with Gasteiger partial charge in [0.15, 0.2) is 0 Å². The molecular formula is C19H27N3OS. The second-order valence-electron chi connectivity index (χ2n) is 5.77. The minimum Gasteiger partial charge on any atom is -0.348 e. The molecule has 1 aliphatic heterocycles. The number of carbonyl (C=O) groups is 1. The molecule has 3 rings (SSSR count). The summed E-state index contributed by atoms with van der Waals surface area (Å²) in [5.41, 5.74) is 5.24. The van der Waals surface area contributed by atoms with Crippen molar-refractivity contribution in [3.8, 4) is 10.4 Å². The van der Waals surface area contributed by atoms with Gasteiger partial charge in [-0.15, -0.1) is 11.3 Å². The molecule has 0 saturated carbocycles. The molecule has 5 heteroatoms. The summed E-state index contributed by atoms with van der Waals surface area (Å²) < 4.78 is 0. The Morgan fingerprint density at radius 2 is 2.04 bits per heavy atom. The van der Waals surface area contributed by atoms with Crippen molar-refractivity contribution in [2.45, 2.75) is 52.6 Å². The lowest BCUT2D eigenvalue weighted by molar-refractivity contribution is -0.123. The molecule has 0 spiro atoms. The van der Waals surface area contributed by atoms with E-state index >= 15 is 0 Å². The van der Waals surface area contributed by atoms with E-state index in [0.29, 0.717) is 0 Å². The Labute approximate surface area is 148 Å². The number of amides is 1. The second kappa shape index (κ2) is 8.94. The van der Waals surface area contributed by atoms with Gasteiger partial charge in [-0.3, -0.25) is 4.79 Å². The maximum atomic E-state index is 12.1. The standard InChI is InChI=1S/C17H21N3OS.C2H6/c1-11(20-17(21)15-4-3-9-18-15)13-5-7-14(8-6-13)16-12(2)19-10-22-16;1-2/h5-8,10-11,15,18H,3-4,9H2,1-2H3,(H,20,21);1-2H3/t11-,15?;/m0./s1. The van der Waals surface area contributed by atoms with E-state index in [2.05, 4.69) is 39.9 Å². The minimum atomic E-state index is -0.0263. The summed E-state index contributed by atoms with van der Waals surface area (Å²) in [6, 6.07) is 8.37. The van der Waals surface area contributed by atoms with Crippen molar-refractivity contribution in [3.05, 3.63) is 41.0 Å². The Hall–Kier alpha value is -1.72. The minimum absolute atomic E-state index is 0.0199. The summed E-state index contributed by atoms with van der Waals surface area (Å²) in [4.78, 5) is 17.6. The highest BCUT2D eigenvalue weighted by Crippen LogP contribution is 2.28. The third kappa shape index (κ3) is 4.42. The average Bonchev–Trinajstić information content (AvgIpc) is 3.28. The quantitative estimate of drug-likeness (QED) is 0.878. The molecule has 4 nitrogen and oxygen atoms in total. The van der Waals surface area contributed by atoms with Gasteiger partial charge >= 0.3 is 0 Å². The molecule has 1 aromatic heterocycles. The summed E-state index contributed by atoms with van der Waals surface area (Å²) in [5, 5.41) is 6.32. The molecule has 1 amide bonds. The van der Waals surface area contributed by atoms with Crippen LogP contribution in [-0.4, -0.2) is 23.5 Å². The number of rotatable bonds is 4. The lowest BCUT2D eigenvalue weighted by Gasteiger charge is -2.18. The summed E-state index contributed by atoms with van der Waals surface area (Å²) in [7, 11) is 0. The Kier molecular flexibility index (Phi) is 6.94. The van der Waals surface area contributed by atoms with Crippen molar-refractivity contribution >= 4 is 17.2 Å². The highest BCUT2D eigenvalue weighted by molar-refractivity contribution is 7.13. The molecule has 0 aliphatic carbocycles.